The third-order valence-electron chi connectivity index (χ3n) is 5.89. The first-order valence-corrected chi connectivity index (χ1v) is 10.9. The number of ether oxygens (including phenoxy) is 3. The predicted octanol–water partition coefficient (Wildman–Crippen LogP) is 4.02. The van der Waals surface area contributed by atoms with E-state index in [0.717, 1.165) is 48.9 Å². The number of amides is 1. The first-order chi connectivity index (χ1) is 15.1. The van der Waals surface area contributed by atoms with Gasteiger partial charge in [-0.1, -0.05) is 12.1 Å². The molecule has 1 amide bonds. The largest absolute Gasteiger partial charge is 0.497 e. The third kappa shape index (κ3) is 6.89. The van der Waals surface area contributed by atoms with Crippen LogP contribution in [0.5, 0.6) is 17.2 Å². The van der Waals surface area contributed by atoms with E-state index in [9.17, 15) is 4.79 Å². The van der Waals surface area contributed by atoms with Gasteiger partial charge in [0.1, 0.15) is 17.2 Å². The lowest BCUT2D eigenvalue weighted by Crippen LogP contribution is -2.35. The SMILES string of the molecule is COc1cccc(CN2CCC[C@H](CCC(=O)NCc3ccc(OC)cc3OC)C2)c1. The molecular formula is C25H34N2O4. The van der Waals surface area contributed by atoms with Gasteiger partial charge in [-0.2, -0.15) is 0 Å². The molecule has 6 nitrogen and oxygen atoms in total. The van der Waals surface area contributed by atoms with Crippen LogP contribution < -0.4 is 19.5 Å². The molecule has 0 spiro atoms. The molecular weight excluding hydrogens is 392 g/mol. The van der Waals surface area contributed by atoms with Gasteiger partial charge in [0.25, 0.3) is 0 Å². The Kier molecular flexibility index (Phi) is 8.59. The number of benzene rings is 2. The Labute approximate surface area is 185 Å². The molecule has 2 aromatic rings. The fraction of sp³-hybridized carbons (Fsp3) is 0.480. The first kappa shape index (κ1) is 22.9. The van der Waals surface area contributed by atoms with Crippen molar-refractivity contribution in [1.82, 2.24) is 10.2 Å². The summed E-state index contributed by atoms with van der Waals surface area (Å²) in [4.78, 5) is 14.9. The molecule has 0 unspecified atom stereocenters. The van der Waals surface area contributed by atoms with Gasteiger partial charge in [0.05, 0.1) is 21.3 Å². The van der Waals surface area contributed by atoms with Crippen molar-refractivity contribution in [3.8, 4) is 17.2 Å². The number of hydrogen-bond acceptors (Lipinski definition) is 5. The number of likely N-dealkylation sites (tertiary alicyclic amines) is 1. The van der Waals surface area contributed by atoms with E-state index in [1.165, 1.54) is 18.4 Å². The molecule has 3 rings (SSSR count). The van der Waals surface area contributed by atoms with Crippen molar-refractivity contribution in [3.63, 3.8) is 0 Å². The molecule has 0 aromatic heterocycles. The van der Waals surface area contributed by atoms with Crippen molar-refractivity contribution < 1.29 is 19.0 Å². The highest BCUT2D eigenvalue weighted by Gasteiger charge is 2.21. The standard InChI is InChI=1S/C25H34N2O4/c1-29-22-8-4-6-20(14-22)18-27-13-5-7-19(17-27)9-12-25(28)26-16-21-10-11-23(30-2)15-24(21)31-3/h4,6,8,10-11,14-15,19H,5,7,9,12-13,16-18H2,1-3H3,(H,26,28)/t19-/m1/s1. The van der Waals surface area contributed by atoms with Crippen molar-refractivity contribution in [2.45, 2.75) is 38.8 Å². The summed E-state index contributed by atoms with van der Waals surface area (Å²) < 4.78 is 16.0. The van der Waals surface area contributed by atoms with Crippen molar-refractivity contribution >= 4 is 5.91 Å². The van der Waals surface area contributed by atoms with Gasteiger partial charge in [-0.05, 0) is 61.6 Å². The van der Waals surface area contributed by atoms with Crippen molar-refractivity contribution in [2.24, 2.45) is 5.92 Å². The zero-order chi connectivity index (χ0) is 22.1. The van der Waals surface area contributed by atoms with Gasteiger partial charge in [-0.25, -0.2) is 0 Å². The lowest BCUT2D eigenvalue weighted by Gasteiger charge is -2.32. The molecule has 1 saturated heterocycles. The topological polar surface area (TPSA) is 60.0 Å². The zero-order valence-electron chi connectivity index (χ0n) is 18.9. The minimum atomic E-state index is 0.0859. The van der Waals surface area contributed by atoms with E-state index < -0.39 is 0 Å². The number of hydrogen-bond donors (Lipinski definition) is 1. The van der Waals surface area contributed by atoms with Crippen LogP contribution in [-0.2, 0) is 17.9 Å². The Hall–Kier alpha value is -2.73. The van der Waals surface area contributed by atoms with E-state index in [0.29, 0.717) is 18.9 Å². The highest BCUT2D eigenvalue weighted by molar-refractivity contribution is 5.75. The highest BCUT2D eigenvalue weighted by atomic mass is 16.5. The maximum Gasteiger partial charge on any atom is 0.220 e. The van der Waals surface area contributed by atoms with Crippen molar-refractivity contribution in [1.29, 1.82) is 0 Å². The molecule has 168 valence electrons. The Bertz CT molecular complexity index is 855. The monoisotopic (exact) mass is 426 g/mol. The van der Waals surface area contributed by atoms with Crippen LogP contribution in [-0.4, -0.2) is 45.2 Å². The predicted molar refractivity (Wildman–Crippen MR) is 122 cm³/mol. The molecule has 1 heterocycles. The number of piperidine rings is 1. The molecule has 0 aliphatic carbocycles. The zero-order valence-corrected chi connectivity index (χ0v) is 18.9. The molecule has 1 aliphatic heterocycles. The lowest BCUT2D eigenvalue weighted by molar-refractivity contribution is -0.121. The molecule has 0 saturated carbocycles. The number of nitrogens with one attached hydrogen (secondary N) is 1. The van der Waals surface area contributed by atoms with Crippen LogP contribution in [0.15, 0.2) is 42.5 Å². The highest BCUT2D eigenvalue weighted by Crippen LogP contribution is 2.25. The van der Waals surface area contributed by atoms with E-state index in [1.54, 1.807) is 21.3 Å². The number of methoxy groups -OCH3 is 3. The van der Waals surface area contributed by atoms with Crippen LogP contribution in [0.3, 0.4) is 0 Å². The summed E-state index contributed by atoms with van der Waals surface area (Å²) in [6.45, 7) is 3.53. The fourth-order valence-electron chi connectivity index (χ4n) is 4.17. The van der Waals surface area contributed by atoms with Gasteiger partial charge in [0.2, 0.25) is 5.91 Å². The number of rotatable bonds is 10. The van der Waals surface area contributed by atoms with Gasteiger partial charge in [-0.15, -0.1) is 0 Å². The summed E-state index contributed by atoms with van der Waals surface area (Å²) in [5.41, 5.74) is 2.21. The summed E-state index contributed by atoms with van der Waals surface area (Å²) in [6, 6.07) is 13.9. The Morgan fingerprint density at radius 2 is 1.87 bits per heavy atom. The average molecular weight is 427 g/mol. The Morgan fingerprint density at radius 1 is 1.06 bits per heavy atom. The Balaban J connectivity index is 1.43. The quantitative estimate of drug-likeness (QED) is 0.622. The number of carbonyl (C=O) groups excluding carboxylic acids is 1. The van der Waals surface area contributed by atoms with E-state index in [1.807, 2.05) is 30.3 Å². The summed E-state index contributed by atoms with van der Waals surface area (Å²) in [5, 5.41) is 3.03. The van der Waals surface area contributed by atoms with Crippen LogP contribution in [0, 0.1) is 5.92 Å². The van der Waals surface area contributed by atoms with E-state index in [4.69, 9.17) is 14.2 Å². The maximum atomic E-state index is 12.4. The van der Waals surface area contributed by atoms with Crippen molar-refractivity contribution in [2.75, 3.05) is 34.4 Å². The van der Waals surface area contributed by atoms with Gasteiger partial charge in [0, 0.05) is 37.7 Å². The smallest absolute Gasteiger partial charge is 0.220 e. The molecule has 6 heteroatoms. The molecule has 1 atom stereocenters. The van der Waals surface area contributed by atoms with Crippen LogP contribution in [0.25, 0.3) is 0 Å². The maximum absolute atomic E-state index is 12.4. The summed E-state index contributed by atoms with van der Waals surface area (Å²) in [7, 11) is 4.95. The van der Waals surface area contributed by atoms with Crippen molar-refractivity contribution in [3.05, 3.63) is 53.6 Å². The molecule has 0 bridgehead atoms. The molecule has 0 radical (unpaired) electrons. The van der Waals surface area contributed by atoms with Gasteiger partial charge >= 0.3 is 0 Å². The van der Waals surface area contributed by atoms with Gasteiger partial charge < -0.3 is 19.5 Å². The van der Waals surface area contributed by atoms with Crippen LogP contribution in [0.1, 0.15) is 36.8 Å². The van der Waals surface area contributed by atoms with Crippen LogP contribution in [0.4, 0.5) is 0 Å². The number of nitrogens with zero attached hydrogens (tertiary/aromatic N) is 1. The summed E-state index contributed by atoms with van der Waals surface area (Å²) in [6.07, 6.45) is 3.84. The molecule has 31 heavy (non-hydrogen) atoms. The molecule has 1 fully saturated rings. The van der Waals surface area contributed by atoms with Gasteiger partial charge in [-0.3, -0.25) is 9.69 Å². The fourth-order valence-corrected chi connectivity index (χ4v) is 4.17. The number of carbonyl (C=O) groups is 1. The summed E-state index contributed by atoms with van der Waals surface area (Å²) in [5.74, 6) is 3.00. The molecule has 1 aliphatic rings. The van der Waals surface area contributed by atoms with E-state index in [-0.39, 0.29) is 5.91 Å². The first-order valence-electron chi connectivity index (χ1n) is 10.9. The van der Waals surface area contributed by atoms with E-state index >= 15 is 0 Å². The second-order valence-corrected chi connectivity index (χ2v) is 8.09. The molecule has 2 aromatic carbocycles. The van der Waals surface area contributed by atoms with Crippen LogP contribution in [0.2, 0.25) is 0 Å². The third-order valence-corrected chi connectivity index (χ3v) is 5.89. The van der Waals surface area contributed by atoms with Crippen LogP contribution >= 0.6 is 0 Å². The summed E-state index contributed by atoms with van der Waals surface area (Å²) >= 11 is 0. The van der Waals surface area contributed by atoms with Gasteiger partial charge in [0.15, 0.2) is 0 Å². The van der Waals surface area contributed by atoms with E-state index in [2.05, 4.69) is 22.3 Å². The second kappa shape index (κ2) is 11.6. The average Bonchev–Trinajstić information content (AvgIpc) is 2.81. The Morgan fingerprint density at radius 3 is 2.65 bits per heavy atom. The minimum Gasteiger partial charge on any atom is -0.497 e. The second-order valence-electron chi connectivity index (χ2n) is 8.09. The lowest BCUT2D eigenvalue weighted by atomic mass is 9.93. The molecule has 1 N–H and O–H groups in total. The normalized spacial score (nSPS) is 16.5. The minimum absolute atomic E-state index is 0.0859.